The minimum Gasteiger partial charge on any atom is -0.493 e. The van der Waals surface area contributed by atoms with Crippen LogP contribution in [0.5, 0.6) is 5.75 Å². The highest BCUT2D eigenvalue weighted by Gasteiger charge is 2.29. The Morgan fingerprint density at radius 1 is 1.47 bits per heavy atom. The number of benzene rings is 1. The molecule has 1 aliphatic rings. The van der Waals surface area contributed by atoms with E-state index in [2.05, 4.69) is 0 Å². The molecule has 0 saturated heterocycles. The second-order valence-corrected chi connectivity index (χ2v) is 4.95. The van der Waals surface area contributed by atoms with E-state index in [-0.39, 0.29) is 12.0 Å². The van der Waals surface area contributed by atoms with E-state index in [0.717, 1.165) is 28.3 Å². The zero-order chi connectivity index (χ0) is 11.1. The zero-order valence-corrected chi connectivity index (χ0v) is 9.77. The normalized spacial score (nSPS) is 14.9. The molecule has 2 rings (SSSR count). The average Bonchev–Trinajstić information content (AvgIpc) is 2.64. The van der Waals surface area contributed by atoms with Gasteiger partial charge in [0.1, 0.15) is 5.75 Å². The molecule has 0 aromatic heterocycles. The number of fused-ring (bicyclic) bond motifs is 1. The lowest BCUT2D eigenvalue weighted by Gasteiger charge is -2.25. The van der Waals surface area contributed by atoms with E-state index in [0.29, 0.717) is 6.61 Å². The summed E-state index contributed by atoms with van der Waals surface area (Å²) in [4.78, 5) is 0. The highest BCUT2D eigenvalue weighted by atomic mass is 35.5. The van der Waals surface area contributed by atoms with Gasteiger partial charge in [0.15, 0.2) is 0 Å². The molecule has 0 bridgehead atoms. The second kappa shape index (κ2) is 3.69. The number of hydrogen-bond donors (Lipinski definition) is 1. The van der Waals surface area contributed by atoms with E-state index in [4.69, 9.17) is 16.3 Å². The molecule has 0 saturated carbocycles. The van der Waals surface area contributed by atoms with Crippen molar-refractivity contribution in [2.75, 3.05) is 13.2 Å². The van der Waals surface area contributed by atoms with Crippen LogP contribution in [0.25, 0.3) is 0 Å². The van der Waals surface area contributed by atoms with Crippen molar-refractivity contribution in [2.45, 2.75) is 25.7 Å². The van der Waals surface area contributed by atoms with Crippen LogP contribution in [0.15, 0.2) is 12.1 Å². The molecular weight excluding hydrogens is 212 g/mol. The number of ether oxygens (including phenoxy) is 1. The van der Waals surface area contributed by atoms with Crippen LogP contribution < -0.4 is 4.74 Å². The zero-order valence-electron chi connectivity index (χ0n) is 9.01. The molecule has 15 heavy (non-hydrogen) atoms. The lowest BCUT2D eigenvalue weighted by atomic mass is 9.82. The molecule has 2 nitrogen and oxygen atoms in total. The first-order valence-corrected chi connectivity index (χ1v) is 5.49. The summed E-state index contributed by atoms with van der Waals surface area (Å²) in [5.41, 5.74) is 1.87. The topological polar surface area (TPSA) is 29.5 Å². The summed E-state index contributed by atoms with van der Waals surface area (Å²) in [5, 5.41) is 10.1. The number of halogens is 1. The lowest BCUT2D eigenvalue weighted by Crippen LogP contribution is -2.24. The Balaban J connectivity index is 2.60. The third-order valence-electron chi connectivity index (χ3n) is 2.90. The van der Waals surface area contributed by atoms with Crippen molar-refractivity contribution in [2.24, 2.45) is 0 Å². The van der Waals surface area contributed by atoms with Crippen molar-refractivity contribution in [1.82, 2.24) is 0 Å². The predicted octanol–water partition coefficient (Wildman–Crippen LogP) is 2.54. The molecule has 1 aromatic carbocycles. The van der Waals surface area contributed by atoms with Gasteiger partial charge < -0.3 is 9.84 Å². The third kappa shape index (κ3) is 1.72. The highest BCUT2D eigenvalue weighted by Crippen LogP contribution is 2.39. The minimum atomic E-state index is -0.309. The van der Waals surface area contributed by atoms with E-state index in [1.54, 1.807) is 0 Å². The molecule has 1 heterocycles. The molecule has 0 spiro atoms. The maximum Gasteiger partial charge on any atom is 0.123 e. The van der Waals surface area contributed by atoms with Gasteiger partial charge in [-0.25, -0.2) is 0 Å². The fraction of sp³-hybridized carbons (Fsp3) is 0.500. The fourth-order valence-electron chi connectivity index (χ4n) is 2.06. The molecule has 1 aliphatic heterocycles. The number of aliphatic hydroxyl groups excluding tert-OH is 1. The Morgan fingerprint density at radius 2 is 2.20 bits per heavy atom. The van der Waals surface area contributed by atoms with Crippen LogP contribution in [-0.2, 0) is 11.8 Å². The summed E-state index contributed by atoms with van der Waals surface area (Å²) < 4.78 is 5.49. The molecular formula is C12H15ClO2. The minimum absolute atomic E-state index is 0.0865. The van der Waals surface area contributed by atoms with Gasteiger partial charge in [-0.3, -0.25) is 0 Å². The quantitative estimate of drug-likeness (QED) is 0.840. The molecule has 0 fully saturated rings. The first-order chi connectivity index (χ1) is 7.06. The summed E-state index contributed by atoms with van der Waals surface area (Å²) in [6.07, 6.45) is 0.884. The van der Waals surface area contributed by atoms with Crippen LogP contribution in [0.3, 0.4) is 0 Å². The lowest BCUT2D eigenvalue weighted by molar-refractivity contribution is 0.218. The van der Waals surface area contributed by atoms with E-state index < -0.39 is 0 Å². The molecule has 82 valence electrons. The second-order valence-electron chi connectivity index (χ2n) is 4.54. The Morgan fingerprint density at radius 3 is 2.87 bits per heavy atom. The molecule has 0 unspecified atom stereocenters. The van der Waals surface area contributed by atoms with E-state index in [1.165, 1.54) is 0 Å². The van der Waals surface area contributed by atoms with Crippen LogP contribution in [0.2, 0.25) is 5.02 Å². The molecule has 0 atom stereocenters. The van der Waals surface area contributed by atoms with Crippen LogP contribution >= 0.6 is 11.6 Å². The Kier molecular flexibility index (Phi) is 2.65. The molecule has 3 heteroatoms. The van der Waals surface area contributed by atoms with Gasteiger partial charge in [-0.05, 0) is 17.7 Å². The van der Waals surface area contributed by atoms with Crippen molar-refractivity contribution in [3.8, 4) is 5.75 Å². The van der Waals surface area contributed by atoms with Gasteiger partial charge in [0, 0.05) is 22.4 Å². The summed E-state index contributed by atoms with van der Waals surface area (Å²) in [6.45, 7) is 4.78. The van der Waals surface area contributed by atoms with E-state index >= 15 is 0 Å². The maximum absolute atomic E-state index is 9.40. The van der Waals surface area contributed by atoms with Crippen molar-refractivity contribution in [1.29, 1.82) is 0 Å². The SMILES string of the molecule is CC(C)(CO)c1c(Cl)ccc2c1CCO2. The van der Waals surface area contributed by atoms with E-state index in [1.807, 2.05) is 26.0 Å². The van der Waals surface area contributed by atoms with Gasteiger partial charge in [0.25, 0.3) is 0 Å². The Hall–Kier alpha value is -0.730. The number of rotatable bonds is 2. The third-order valence-corrected chi connectivity index (χ3v) is 3.22. The Bertz CT molecular complexity index is 385. The summed E-state index contributed by atoms with van der Waals surface area (Å²) in [7, 11) is 0. The van der Waals surface area contributed by atoms with Crippen LogP contribution in [0, 0.1) is 0 Å². The average molecular weight is 227 g/mol. The smallest absolute Gasteiger partial charge is 0.123 e. The van der Waals surface area contributed by atoms with Crippen molar-refractivity contribution in [3.05, 3.63) is 28.3 Å². The van der Waals surface area contributed by atoms with Gasteiger partial charge >= 0.3 is 0 Å². The van der Waals surface area contributed by atoms with Crippen LogP contribution in [0.4, 0.5) is 0 Å². The fourth-order valence-corrected chi connectivity index (χ4v) is 2.49. The summed E-state index contributed by atoms with van der Waals surface area (Å²) >= 11 is 6.20. The number of hydrogen-bond acceptors (Lipinski definition) is 2. The van der Waals surface area contributed by atoms with Crippen molar-refractivity contribution >= 4 is 11.6 Å². The maximum atomic E-state index is 9.40. The summed E-state index contributed by atoms with van der Waals surface area (Å²) in [5.74, 6) is 0.913. The molecule has 0 amide bonds. The predicted molar refractivity (Wildman–Crippen MR) is 60.8 cm³/mol. The van der Waals surface area contributed by atoms with Gasteiger partial charge in [0.05, 0.1) is 13.2 Å². The largest absolute Gasteiger partial charge is 0.493 e. The van der Waals surface area contributed by atoms with Crippen LogP contribution in [-0.4, -0.2) is 18.3 Å². The highest BCUT2D eigenvalue weighted by molar-refractivity contribution is 6.31. The van der Waals surface area contributed by atoms with Crippen molar-refractivity contribution < 1.29 is 9.84 Å². The van der Waals surface area contributed by atoms with Gasteiger partial charge in [-0.2, -0.15) is 0 Å². The first kappa shape index (κ1) is 10.8. The number of aliphatic hydroxyl groups is 1. The molecule has 0 radical (unpaired) electrons. The van der Waals surface area contributed by atoms with Crippen LogP contribution in [0.1, 0.15) is 25.0 Å². The standard InChI is InChI=1S/C12H15ClO2/c1-12(2,7-14)11-8-5-6-15-10(8)4-3-9(11)13/h3-4,14H,5-7H2,1-2H3. The van der Waals surface area contributed by atoms with E-state index in [9.17, 15) is 5.11 Å². The van der Waals surface area contributed by atoms with Gasteiger partial charge in [-0.1, -0.05) is 25.4 Å². The van der Waals surface area contributed by atoms with Gasteiger partial charge in [0.2, 0.25) is 0 Å². The summed E-state index contributed by atoms with van der Waals surface area (Å²) in [6, 6.07) is 3.75. The molecule has 0 aliphatic carbocycles. The first-order valence-electron chi connectivity index (χ1n) is 5.12. The van der Waals surface area contributed by atoms with Crippen molar-refractivity contribution in [3.63, 3.8) is 0 Å². The monoisotopic (exact) mass is 226 g/mol. The van der Waals surface area contributed by atoms with Gasteiger partial charge in [-0.15, -0.1) is 0 Å². The molecule has 1 aromatic rings. The Labute approximate surface area is 94.8 Å². The molecule has 1 N–H and O–H groups in total.